The summed E-state index contributed by atoms with van der Waals surface area (Å²) in [6.45, 7) is 8.14. The lowest BCUT2D eigenvalue weighted by molar-refractivity contribution is 0.528. The Balaban J connectivity index is 1.99. The molecule has 0 spiro atoms. The molecule has 3 aromatic rings. The van der Waals surface area contributed by atoms with E-state index in [9.17, 15) is 0 Å². The quantitative estimate of drug-likeness (QED) is 0.519. The number of rotatable bonds is 5. The fraction of sp³-hybridized carbons (Fsp3) is 0.350. The highest BCUT2D eigenvalue weighted by Gasteiger charge is 2.33. The third-order valence-electron chi connectivity index (χ3n) is 5.00. The Morgan fingerprint density at radius 1 is 1.31 bits per heavy atom. The first-order chi connectivity index (χ1) is 12.5. The average Bonchev–Trinajstić information content (AvgIpc) is 3.36. The highest BCUT2D eigenvalue weighted by molar-refractivity contribution is 6.36. The van der Waals surface area contributed by atoms with Gasteiger partial charge in [-0.25, -0.2) is 15.0 Å². The molecule has 0 saturated heterocycles. The molecular weight excluding hydrogens is 367 g/mol. The van der Waals surface area contributed by atoms with Crippen molar-refractivity contribution in [2.75, 3.05) is 0 Å². The molecule has 0 radical (unpaired) electrons. The van der Waals surface area contributed by atoms with Gasteiger partial charge in [-0.05, 0) is 43.4 Å². The van der Waals surface area contributed by atoms with Crippen LogP contribution in [-0.2, 0) is 6.42 Å². The Morgan fingerprint density at radius 3 is 2.69 bits per heavy atom. The van der Waals surface area contributed by atoms with Gasteiger partial charge < -0.3 is 4.57 Å². The number of allylic oxidation sites excluding steroid dienone is 1. The molecule has 1 unspecified atom stereocenters. The van der Waals surface area contributed by atoms with Crippen molar-refractivity contribution in [3.05, 3.63) is 52.5 Å². The van der Waals surface area contributed by atoms with Gasteiger partial charge in [-0.2, -0.15) is 0 Å². The Hall–Kier alpha value is -1.91. The van der Waals surface area contributed by atoms with Gasteiger partial charge in [0.1, 0.15) is 23.4 Å². The summed E-state index contributed by atoms with van der Waals surface area (Å²) in [4.78, 5) is 14.0. The van der Waals surface area contributed by atoms with E-state index in [1.165, 1.54) is 12.8 Å². The van der Waals surface area contributed by atoms with E-state index in [0.29, 0.717) is 16.0 Å². The van der Waals surface area contributed by atoms with Gasteiger partial charge in [0.25, 0.3) is 0 Å². The number of aromatic nitrogens is 4. The van der Waals surface area contributed by atoms with Crippen molar-refractivity contribution < 1.29 is 0 Å². The van der Waals surface area contributed by atoms with E-state index in [2.05, 4.69) is 28.0 Å². The number of aryl methyl sites for hydroxylation is 2. The maximum atomic E-state index is 6.50. The summed E-state index contributed by atoms with van der Waals surface area (Å²) in [5.41, 5.74) is 4.20. The molecule has 26 heavy (non-hydrogen) atoms. The van der Waals surface area contributed by atoms with E-state index >= 15 is 0 Å². The van der Waals surface area contributed by atoms with Crippen LogP contribution in [0.2, 0.25) is 10.0 Å². The first kappa shape index (κ1) is 17.5. The van der Waals surface area contributed by atoms with E-state index < -0.39 is 0 Å². The Kier molecular flexibility index (Phi) is 4.49. The van der Waals surface area contributed by atoms with Gasteiger partial charge in [0.2, 0.25) is 0 Å². The van der Waals surface area contributed by atoms with Crippen molar-refractivity contribution >= 4 is 34.4 Å². The second-order valence-electron chi connectivity index (χ2n) is 6.79. The van der Waals surface area contributed by atoms with Gasteiger partial charge in [-0.1, -0.05) is 36.2 Å². The van der Waals surface area contributed by atoms with Gasteiger partial charge in [-0.3, -0.25) is 0 Å². The highest BCUT2D eigenvalue weighted by Crippen LogP contribution is 2.43. The van der Waals surface area contributed by atoms with Crippen molar-refractivity contribution in [3.8, 4) is 11.3 Å². The van der Waals surface area contributed by atoms with Crippen molar-refractivity contribution in [2.24, 2.45) is 5.92 Å². The summed E-state index contributed by atoms with van der Waals surface area (Å²) in [6.07, 6.45) is 6.87. The maximum Gasteiger partial charge on any atom is 0.164 e. The zero-order chi connectivity index (χ0) is 18.4. The largest absolute Gasteiger partial charge is 0.305 e. The van der Waals surface area contributed by atoms with Crippen LogP contribution in [0.15, 0.2) is 31.1 Å². The molecular formula is C20H20Cl2N4. The highest BCUT2D eigenvalue weighted by atomic mass is 35.5. The second kappa shape index (κ2) is 6.67. The average molecular weight is 387 g/mol. The molecule has 1 aromatic carbocycles. The smallest absolute Gasteiger partial charge is 0.164 e. The number of nitrogens with zero attached hydrogens (tertiary/aromatic N) is 4. The molecule has 1 atom stereocenters. The molecule has 0 aliphatic heterocycles. The van der Waals surface area contributed by atoms with Crippen LogP contribution in [0.25, 0.3) is 22.4 Å². The first-order valence-electron chi connectivity index (χ1n) is 8.85. The molecule has 4 rings (SSSR count). The SMILES string of the molecule is C=CC(C1CC1)n1c(CC)nc2c(-c3c(C)cc(Cl)cc3Cl)ncnc21. The summed E-state index contributed by atoms with van der Waals surface area (Å²) in [5.74, 6) is 1.62. The second-order valence-corrected chi connectivity index (χ2v) is 7.63. The van der Waals surface area contributed by atoms with Crippen LogP contribution >= 0.6 is 23.2 Å². The summed E-state index contributed by atoms with van der Waals surface area (Å²) in [5, 5.41) is 1.19. The zero-order valence-electron chi connectivity index (χ0n) is 14.8. The van der Waals surface area contributed by atoms with Crippen LogP contribution in [0.3, 0.4) is 0 Å². The van der Waals surface area contributed by atoms with Crippen molar-refractivity contribution in [2.45, 2.75) is 39.2 Å². The Labute approximate surface area is 162 Å². The first-order valence-corrected chi connectivity index (χ1v) is 9.61. The molecule has 1 saturated carbocycles. The molecule has 1 fully saturated rings. The van der Waals surface area contributed by atoms with Crippen molar-refractivity contribution in [3.63, 3.8) is 0 Å². The van der Waals surface area contributed by atoms with Crippen LogP contribution in [0.5, 0.6) is 0 Å². The van der Waals surface area contributed by atoms with Gasteiger partial charge >= 0.3 is 0 Å². The maximum absolute atomic E-state index is 6.50. The molecule has 0 amide bonds. The monoisotopic (exact) mass is 386 g/mol. The van der Waals surface area contributed by atoms with Crippen LogP contribution in [0.1, 0.15) is 37.2 Å². The normalized spacial score (nSPS) is 15.4. The predicted molar refractivity (Wildman–Crippen MR) is 107 cm³/mol. The fourth-order valence-corrected chi connectivity index (χ4v) is 4.33. The van der Waals surface area contributed by atoms with E-state index in [4.69, 9.17) is 28.2 Å². The summed E-state index contributed by atoms with van der Waals surface area (Å²) in [7, 11) is 0. The predicted octanol–water partition coefficient (Wildman–Crippen LogP) is 5.81. The van der Waals surface area contributed by atoms with E-state index in [1.54, 1.807) is 12.4 Å². The molecule has 1 aliphatic rings. The van der Waals surface area contributed by atoms with Crippen LogP contribution < -0.4 is 0 Å². The van der Waals surface area contributed by atoms with Gasteiger partial charge in [0.05, 0.1) is 11.1 Å². The molecule has 4 nitrogen and oxygen atoms in total. The van der Waals surface area contributed by atoms with E-state index in [0.717, 1.165) is 40.2 Å². The third kappa shape index (κ3) is 2.81. The number of fused-ring (bicyclic) bond motifs is 1. The van der Waals surface area contributed by atoms with Crippen molar-refractivity contribution in [1.82, 2.24) is 19.5 Å². The molecule has 2 aromatic heterocycles. The minimum absolute atomic E-state index is 0.222. The molecule has 1 aliphatic carbocycles. The molecule has 134 valence electrons. The van der Waals surface area contributed by atoms with Gasteiger partial charge in [0, 0.05) is 17.0 Å². The minimum atomic E-state index is 0.222. The number of hydrogen-bond acceptors (Lipinski definition) is 3. The molecule has 6 heteroatoms. The lowest BCUT2D eigenvalue weighted by Gasteiger charge is -2.17. The van der Waals surface area contributed by atoms with E-state index in [1.807, 2.05) is 19.1 Å². The molecule has 0 bridgehead atoms. The van der Waals surface area contributed by atoms with Crippen LogP contribution in [0, 0.1) is 12.8 Å². The number of halogens is 2. The third-order valence-corrected chi connectivity index (χ3v) is 5.52. The van der Waals surface area contributed by atoms with Gasteiger partial charge in [0.15, 0.2) is 5.65 Å². The minimum Gasteiger partial charge on any atom is -0.305 e. The lowest BCUT2D eigenvalue weighted by atomic mass is 10.0. The lowest BCUT2D eigenvalue weighted by Crippen LogP contribution is -2.12. The molecule has 2 heterocycles. The Morgan fingerprint density at radius 2 is 2.08 bits per heavy atom. The summed E-state index contributed by atoms with van der Waals surface area (Å²) < 4.78 is 2.23. The standard InChI is InChI=1S/C20H20Cl2N4/c1-4-15(12-6-7-12)26-16(5-2)25-19-18(23-10-24-20(19)26)17-11(3)8-13(21)9-14(17)22/h4,8-10,12,15H,1,5-7H2,2-3H3. The Bertz CT molecular complexity index is 981. The summed E-state index contributed by atoms with van der Waals surface area (Å²) >= 11 is 12.6. The van der Waals surface area contributed by atoms with E-state index in [-0.39, 0.29) is 6.04 Å². The summed E-state index contributed by atoms with van der Waals surface area (Å²) in [6, 6.07) is 3.86. The van der Waals surface area contributed by atoms with Crippen molar-refractivity contribution in [1.29, 1.82) is 0 Å². The number of imidazole rings is 1. The fourth-order valence-electron chi connectivity index (χ4n) is 3.65. The van der Waals surface area contributed by atoms with Gasteiger partial charge in [-0.15, -0.1) is 6.58 Å². The number of hydrogen-bond donors (Lipinski definition) is 0. The van der Waals surface area contributed by atoms with Crippen LogP contribution in [0.4, 0.5) is 0 Å². The van der Waals surface area contributed by atoms with Crippen LogP contribution in [-0.4, -0.2) is 19.5 Å². The topological polar surface area (TPSA) is 43.6 Å². The number of benzene rings is 1. The molecule has 0 N–H and O–H groups in total. The zero-order valence-corrected chi connectivity index (χ0v) is 16.3.